The van der Waals surface area contributed by atoms with Crippen molar-refractivity contribution in [2.24, 2.45) is 5.73 Å². The van der Waals surface area contributed by atoms with Gasteiger partial charge in [-0.15, -0.1) is 0 Å². The number of hydrogen-bond acceptors (Lipinski definition) is 7. The standard InChI is InChI=1S/C10H16N4O4/c1-4-2-14(10(17)13-8(4)12)9-6(11)7(16)5(3-15)18-9/h2,5-7,9,15-16H,3,11H2,1H3,(H2,12,13,17)/t5-,6?,7+,9-/m1/s1. The summed E-state index contributed by atoms with van der Waals surface area (Å²) >= 11 is 0. The third kappa shape index (κ3) is 1.99. The van der Waals surface area contributed by atoms with Crippen molar-refractivity contribution in [2.45, 2.75) is 31.4 Å². The molecular formula is C10H16N4O4. The fraction of sp³-hybridized carbons (Fsp3) is 0.600. The molecule has 2 heterocycles. The van der Waals surface area contributed by atoms with Gasteiger partial charge in [0.25, 0.3) is 0 Å². The number of nitrogens with two attached hydrogens (primary N) is 2. The molecule has 1 aromatic rings. The molecule has 1 saturated heterocycles. The van der Waals surface area contributed by atoms with Crippen LogP contribution in [0.5, 0.6) is 0 Å². The van der Waals surface area contributed by atoms with Crippen molar-refractivity contribution >= 4 is 5.82 Å². The Morgan fingerprint density at radius 1 is 1.61 bits per heavy atom. The molecular weight excluding hydrogens is 240 g/mol. The van der Waals surface area contributed by atoms with Crippen LogP contribution in [0.2, 0.25) is 0 Å². The maximum Gasteiger partial charge on any atom is 0.351 e. The lowest BCUT2D eigenvalue weighted by Crippen LogP contribution is -2.42. The maximum absolute atomic E-state index is 11.7. The van der Waals surface area contributed by atoms with Crippen molar-refractivity contribution in [1.29, 1.82) is 0 Å². The summed E-state index contributed by atoms with van der Waals surface area (Å²) in [5, 5.41) is 18.8. The van der Waals surface area contributed by atoms with Gasteiger partial charge in [-0.25, -0.2) is 4.79 Å². The maximum atomic E-state index is 11.7. The quantitative estimate of drug-likeness (QED) is 0.467. The van der Waals surface area contributed by atoms with Crippen LogP contribution < -0.4 is 17.2 Å². The minimum atomic E-state index is -1.04. The van der Waals surface area contributed by atoms with Crippen LogP contribution in [0.1, 0.15) is 11.8 Å². The van der Waals surface area contributed by atoms with Gasteiger partial charge in [0, 0.05) is 11.8 Å². The highest BCUT2D eigenvalue weighted by atomic mass is 16.5. The Kier molecular flexibility index (Phi) is 3.35. The van der Waals surface area contributed by atoms with Crippen LogP contribution in [-0.2, 0) is 4.74 Å². The van der Waals surface area contributed by atoms with E-state index in [-0.39, 0.29) is 12.4 Å². The molecule has 0 amide bonds. The summed E-state index contributed by atoms with van der Waals surface area (Å²) in [6.07, 6.45) is -1.24. The number of aliphatic hydroxyl groups is 2. The van der Waals surface area contributed by atoms with Gasteiger partial charge >= 0.3 is 5.69 Å². The molecule has 6 N–H and O–H groups in total. The molecule has 1 aliphatic heterocycles. The second kappa shape index (κ2) is 4.65. The van der Waals surface area contributed by atoms with Crippen molar-refractivity contribution in [3.8, 4) is 0 Å². The number of rotatable bonds is 2. The lowest BCUT2D eigenvalue weighted by atomic mass is 10.1. The molecule has 0 aliphatic carbocycles. The minimum absolute atomic E-state index is 0.141. The third-order valence-corrected chi connectivity index (χ3v) is 3.05. The van der Waals surface area contributed by atoms with E-state index in [4.69, 9.17) is 21.3 Å². The van der Waals surface area contributed by atoms with E-state index in [1.807, 2.05) is 0 Å². The van der Waals surface area contributed by atoms with Crippen LogP contribution in [0.4, 0.5) is 5.82 Å². The van der Waals surface area contributed by atoms with E-state index >= 15 is 0 Å². The molecule has 1 aromatic heterocycles. The zero-order valence-corrected chi connectivity index (χ0v) is 9.85. The van der Waals surface area contributed by atoms with E-state index < -0.39 is 30.2 Å². The molecule has 1 unspecified atom stereocenters. The number of aryl methyl sites for hydroxylation is 1. The lowest BCUT2D eigenvalue weighted by Gasteiger charge is -2.18. The van der Waals surface area contributed by atoms with Gasteiger partial charge in [0.1, 0.15) is 18.0 Å². The van der Waals surface area contributed by atoms with E-state index in [9.17, 15) is 9.90 Å². The lowest BCUT2D eigenvalue weighted by molar-refractivity contribution is -0.0464. The Hall–Kier alpha value is -1.48. The summed E-state index contributed by atoms with van der Waals surface area (Å²) in [5.74, 6) is 0.141. The average molecular weight is 256 g/mol. The zero-order valence-electron chi connectivity index (χ0n) is 9.85. The van der Waals surface area contributed by atoms with Crippen LogP contribution in [0.25, 0.3) is 0 Å². The number of nitrogens with zero attached hydrogens (tertiary/aromatic N) is 2. The normalized spacial score (nSPS) is 31.8. The monoisotopic (exact) mass is 256 g/mol. The van der Waals surface area contributed by atoms with E-state index in [0.29, 0.717) is 5.56 Å². The first-order valence-electron chi connectivity index (χ1n) is 5.51. The molecule has 0 spiro atoms. The number of nitrogen functional groups attached to an aromatic ring is 1. The van der Waals surface area contributed by atoms with Crippen molar-refractivity contribution in [2.75, 3.05) is 12.3 Å². The predicted octanol–water partition coefficient (Wildman–Crippen LogP) is -2.29. The SMILES string of the molecule is Cc1cn([C@@H]2O[C@H](CO)[C@H](O)C2N)c(=O)nc1N. The smallest absolute Gasteiger partial charge is 0.351 e. The molecule has 1 fully saturated rings. The van der Waals surface area contributed by atoms with E-state index in [2.05, 4.69) is 4.98 Å². The van der Waals surface area contributed by atoms with Crippen LogP contribution in [0.3, 0.4) is 0 Å². The Bertz CT molecular complexity index is 503. The molecule has 0 saturated carbocycles. The molecule has 8 nitrogen and oxygen atoms in total. The summed E-state index contributed by atoms with van der Waals surface area (Å²) in [7, 11) is 0. The first kappa shape index (κ1) is 13.0. The first-order chi connectivity index (χ1) is 8.45. The van der Waals surface area contributed by atoms with Crippen LogP contribution in [-0.4, -0.2) is 44.6 Å². The van der Waals surface area contributed by atoms with Crippen LogP contribution in [0, 0.1) is 6.92 Å². The highest BCUT2D eigenvalue weighted by molar-refractivity contribution is 5.35. The fourth-order valence-corrected chi connectivity index (χ4v) is 1.93. The van der Waals surface area contributed by atoms with Crippen molar-refractivity contribution in [3.05, 3.63) is 22.2 Å². The number of anilines is 1. The number of hydrogen-bond donors (Lipinski definition) is 4. The molecule has 18 heavy (non-hydrogen) atoms. The Morgan fingerprint density at radius 2 is 2.28 bits per heavy atom. The molecule has 8 heteroatoms. The zero-order chi connectivity index (χ0) is 13.4. The highest BCUT2D eigenvalue weighted by Crippen LogP contribution is 2.26. The minimum Gasteiger partial charge on any atom is -0.394 e. The Morgan fingerprint density at radius 3 is 2.83 bits per heavy atom. The first-order valence-corrected chi connectivity index (χ1v) is 5.51. The van der Waals surface area contributed by atoms with E-state index in [1.54, 1.807) is 6.92 Å². The van der Waals surface area contributed by atoms with E-state index in [0.717, 1.165) is 0 Å². The van der Waals surface area contributed by atoms with Gasteiger partial charge in [-0.1, -0.05) is 0 Å². The predicted molar refractivity (Wildman–Crippen MR) is 62.6 cm³/mol. The van der Waals surface area contributed by atoms with E-state index in [1.165, 1.54) is 10.8 Å². The second-order valence-corrected chi connectivity index (χ2v) is 4.31. The fourth-order valence-electron chi connectivity index (χ4n) is 1.93. The van der Waals surface area contributed by atoms with Gasteiger partial charge in [0.05, 0.1) is 12.6 Å². The van der Waals surface area contributed by atoms with Gasteiger partial charge in [-0.05, 0) is 6.92 Å². The highest BCUT2D eigenvalue weighted by Gasteiger charge is 2.42. The largest absolute Gasteiger partial charge is 0.394 e. The summed E-state index contributed by atoms with van der Waals surface area (Å²) in [6.45, 7) is 1.32. The summed E-state index contributed by atoms with van der Waals surface area (Å²) < 4.78 is 6.53. The van der Waals surface area contributed by atoms with Gasteiger partial charge in [0.15, 0.2) is 6.23 Å². The average Bonchev–Trinajstić information content (AvgIpc) is 2.61. The van der Waals surface area contributed by atoms with Crippen LogP contribution in [0.15, 0.2) is 11.0 Å². The van der Waals surface area contributed by atoms with Gasteiger partial charge in [-0.2, -0.15) is 4.98 Å². The van der Waals surface area contributed by atoms with Gasteiger partial charge < -0.3 is 26.4 Å². The molecule has 0 radical (unpaired) electrons. The Labute approximate surface area is 103 Å². The van der Waals surface area contributed by atoms with Crippen LogP contribution >= 0.6 is 0 Å². The summed E-state index contributed by atoms with van der Waals surface area (Å²) in [4.78, 5) is 15.4. The van der Waals surface area contributed by atoms with Crippen molar-refractivity contribution in [1.82, 2.24) is 9.55 Å². The molecule has 0 aromatic carbocycles. The Balaban J connectivity index is 2.39. The summed E-state index contributed by atoms with van der Waals surface area (Å²) in [5.41, 5.74) is 11.3. The van der Waals surface area contributed by atoms with Crippen molar-refractivity contribution < 1.29 is 14.9 Å². The summed E-state index contributed by atoms with van der Waals surface area (Å²) in [6, 6.07) is -0.815. The molecule has 0 bridgehead atoms. The van der Waals surface area contributed by atoms with Gasteiger partial charge in [-0.3, -0.25) is 4.57 Å². The third-order valence-electron chi connectivity index (χ3n) is 3.05. The topological polar surface area (TPSA) is 137 Å². The molecule has 4 atom stereocenters. The second-order valence-electron chi connectivity index (χ2n) is 4.31. The number of ether oxygens (including phenoxy) is 1. The molecule has 2 rings (SSSR count). The number of aromatic nitrogens is 2. The molecule has 1 aliphatic rings. The number of aliphatic hydroxyl groups excluding tert-OH is 2. The van der Waals surface area contributed by atoms with Gasteiger partial charge in [0.2, 0.25) is 0 Å². The molecule has 100 valence electrons. The van der Waals surface area contributed by atoms with Crippen molar-refractivity contribution in [3.63, 3.8) is 0 Å².